The minimum Gasteiger partial charge on any atom is -0.258 e. The zero-order valence-electron chi connectivity index (χ0n) is 6.35. The molecule has 0 atom stereocenters. The van der Waals surface area contributed by atoms with E-state index in [-0.39, 0.29) is 0 Å². The van der Waals surface area contributed by atoms with Crippen molar-refractivity contribution in [3.05, 3.63) is 26.9 Å². The highest BCUT2D eigenvalue weighted by Crippen LogP contribution is 2.26. The standard InChI is InChI=1S/C5H2BrClN2O4S/c6-3-1-4(9(10)11)5(8-2-3)14(7,12)13/h1-2H. The van der Waals surface area contributed by atoms with Gasteiger partial charge in [-0.05, 0) is 15.9 Å². The van der Waals surface area contributed by atoms with Crippen molar-refractivity contribution in [1.29, 1.82) is 0 Å². The fourth-order valence-electron chi connectivity index (χ4n) is 0.735. The molecule has 0 unspecified atom stereocenters. The Bertz CT molecular complexity index is 489. The Balaban J connectivity index is 3.53. The van der Waals surface area contributed by atoms with Gasteiger partial charge in [0.1, 0.15) is 0 Å². The average molecular weight is 302 g/mol. The monoisotopic (exact) mass is 300 g/mol. The minimum atomic E-state index is -4.20. The van der Waals surface area contributed by atoms with Gasteiger partial charge in [0.25, 0.3) is 9.05 Å². The molecule has 0 amide bonds. The zero-order chi connectivity index (χ0) is 10.9. The Morgan fingerprint density at radius 3 is 2.57 bits per heavy atom. The molecular formula is C5H2BrClN2O4S. The number of halogens is 2. The fourth-order valence-corrected chi connectivity index (χ4v) is 1.97. The van der Waals surface area contributed by atoms with Crippen molar-refractivity contribution in [2.75, 3.05) is 0 Å². The number of rotatable bonds is 2. The molecule has 0 N–H and O–H groups in total. The fraction of sp³-hybridized carbons (Fsp3) is 0. The summed E-state index contributed by atoms with van der Waals surface area (Å²) in [6.07, 6.45) is 1.11. The molecule has 0 aromatic carbocycles. The molecule has 0 saturated carbocycles. The first kappa shape index (κ1) is 11.3. The van der Waals surface area contributed by atoms with Gasteiger partial charge in [0.2, 0.25) is 5.03 Å². The molecule has 0 aliphatic carbocycles. The Hall–Kier alpha value is -0.730. The van der Waals surface area contributed by atoms with Crippen molar-refractivity contribution in [3.8, 4) is 0 Å². The Morgan fingerprint density at radius 1 is 1.57 bits per heavy atom. The van der Waals surface area contributed by atoms with E-state index in [2.05, 4.69) is 20.9 Å². The van der Waals surface area contributed by atoms with Crippen LogP contribution in [0.3, 0.4) is 0 Å². The van der Waals surface area contributed by atoms with Gasteiger partial charge in [-0.3, -0.25) is 10.1 Å². The number of nitrogens with zero attached hydrogens (tertiary/aromatic N) is 2. The van der Waals surface area contributed by atoms with Crippen molar-refractivity contribution in [2.24, 2.45) is 0 Å². The molecule has 0 aliphatic rings. The highest BCUT2D eigenvalue weighted by molar-refractivity contribution is 9.10. The molecule has 9 heteroatoms. The highest BCUT2D eigenvalue weighted by Gasteiger charge is 2.25. The van der Waals surface area contributed by atoms with Crippen molar-refractivity contribution in [3.63, 3.8) is 0 Å². The first-order valence-electron chi connectivity index (χ1n) is 3.07. The van der Waals surface area contributed by atoms with Crippen LogP contribution < -0.4 is 0 Å². The largest absolute Gasteiger partial charge is 0.309 e. The second kappa shape index (κ2) is 3.79. The molecule has 6 nitrogen and oxygen atoms in total. The summed E-state index contributed by atoms with van der Waals surface area (Å²) >= 11 is 2.93. The van der Waals surface area contributed by atoms with Crippen LogP contribution in [0.1, 0.15) is 0 Å². The van der Waals surface area contributed by atoms with Gasteiger partial charge >= 0.3 is 5.69 Å². The number of nitro groups is 1. The molecule has 0 fully saturated rings. The second-order valence-corrected chi connectivity index (χ2v) is 5.57. The van der Waals surface area contributed by atoms with Crippen molar-refractivity contribution in [1.82, 2.24) is 4.98 Å². The summed E-state index contributed by atoms with van der Waals surface area (Å²) in [4.78, 5) is 12.9. The molecule has 0 spiro atoms. The van der Waals surface area contributed by atoms with E-state index in [0.717, 1.165) is 12.3 Å². The van der Waals surface area contributed by atoms with Crippen LogP contribution in [0, 0.1) is 10.1 Å². The second-order valence-electron chi connectivity index (χ2n) is 2.17. The van der Waals surface area contributed by atoms with Gasteiger partial charge in [0.15, 0.2) is 0 Å². The van der Waals surface area contributed by atoms with Crippen LogP contribution in [-0.2, 0) is 9.05 Å². The van der Waals surface area contributed by atoms with Crippen molar-refractivity contribution in [2.45, 2.75) is 5.03 Å². The molecule has 0 saturated heterocycles. The minimum absolute atomic E-state index is 0.299. The lowest BCUT2D eigenvalue weighted by Gasteiger charge is -1.97. The molecular weight excluding hydrogens is 299 g/mol. The van der Waals surface area contributed by atoms with Crippen LogP contribution in [0.2, 0.25) is 0 Å². The molecule has 1 rings (SSSR count). The van der Waals surface area contributed by atoms with E-state index in [9.17, 15) is 18.5 Å². The molecule has 0 aliphatic heterocycles. The van der Waals surface area contributed by atoms with Gasteiger partial charge in [-0.1, -0.05) is 0 Å². The maximum atomic E-state index is 10.9. The van der Waals surface area contributed by atoms with Crippen molar-refractivity contribution >= 4 is 41.4 Å². The average Bonchev–Trinajstić information content (AvgIpc) is 2.01. The summed E-state index contributed by atoms with van der Waals surface area (Å²) in [5, 5.41) is 9.69. The number of hydrogen-bond donors (Lipinski definition) is 0. The summed E-state index contributed by atoms with van der Waals surface area (Å²) in [5.74, 6) is 0. The topological polar surface area (TPSA) is 90.2 Å². The molecule has 1 aromatic heterocycles. The summed E-state index contributed by atoms with van der Waals surface area (Å²) in [6, 6.07) is 1.02. The number of pyridine rings is 1. The first-order valence-corrected chi connectivity index (χ1v) is 6.17. The lowest BCUT2D eigenvalue weighted by atomic mass is 10.4. The van der Waals surface area contributed by atoms with Gasteiger partial charge in [-0.15, -0.1) is 0 Å². The van der Waals surface area contributed by atoms with E-state index in [1.165, 1.54) is 0 Å². The van der Waals surface area contributed by atoms with Crippen LogP contribution >= 0.6 is 26.6 Å². The smallest absolute Gasteiger partial charge is 0.258 e. The molecule has 1 heterocycles. The van der Waals surface area contributed by atoms with Crippen LogP contribution in [0.15, 0.2) is 21.8 Å². The maximum absolute atomic E-state index is 10.9. The summed E-state index contributed by atoms with van der Waals surface area (Å²) in [5.41, 5.74) is -0.658. The Labute approximate surface area is 91.6 Å². The van der Waals surface area contributed by atoms with E-state index in [0.29, 0.717) is 4.47 Å². The van der Waals surface area contributed by atoms with Gasteiger partial charge in [-0.2, -0.15) is 0 Å². The maximum Gasteiger partial charge on any atom is 0.309 e. The summed E-state index contributed by atoms with van der Waals surface area (Å²) in [6.45, 7) is 0. The predicted molar refractivity (Wildman–Crippen MR) is 51.6 cm³/mol. The lowest BCUT2D eigenvalue weighted by molar-refractivity contribution is -0.388. The third kappa shape index (κ3) is 2.40. The van der Waals surface area contributed by atoms with E-state index in [1.807, 2.05) is 0 Å². The van der Waals surface area contributed by atoms with Crippen LogP contribution in [0.4, 0.5) is 5.69 Å². The van der Waals surface area contributed by atoms with Gasteiger partial charge < -0.3 is 0 Å². The van der Waals surface area contributed by atoms with E-state index >= 15 is 0 Å². The van der Waals surface area contributed by atoms with Gasteiger partial charge in [-0.25, -0.2) is 13.4 Å². The van der Waals surface area contributed by atoms with E-state index < -0.39 is 24.7 Å². The SMILES string of the molecule is O=[N+]([O-])c1cc(Br)cnc1S(=O)(=O)Cl. The van der Waals surface area contributed by atoms with E-state index in [4.69, 9.17) is 10.7 Å². The van der Waals surface area contributed by atoms with Gasteiger partial charge in [0, 0.05) is 27.4 Å². The number of hydrogen-bond acceptors (Lipinski definition) is 5. The van der Waals surface area contributed by atoms with Crippen LogP contribution in [-0.4, -0.2) is 18.3 Å². The molecule has 1 aromatic rings. The molecule has 76 valence electrons. The Morgan fingerprint density at radius 2 is 2.14 bits per heavy atom. The van der Waals surface area contributed by atoms with Crippen LogP contribution in [0.25, 0.3) is 0 Å². The number of aromatic nitrogens is 1. The summed E-state index contributed by atoms with van der Waals surface area (Å²) in [7, 11) is 0.753. The zero-order valence-corrected chi connectivity index (χ0v) is 9.50. The summed E-state index contributed by atoms with van der Waals surface area (Å²) < 4.78 is 22.0. The first-order chi connectivity index (χ1) is 6.32. The molecule has 0 radical (unpaired) electrons. The molecule has 14 heavy (non-hydrogen) atoms. The van der Waals surface area contributed by atoms with Gasteiger partial charge in [0.05, 0.1) is 4.92 Å². The Kier molecular flexibility index (Phi) is 3.07. The highest BCUT2D eigenvalue weighted by atomic mass is 79.9. The quantitative estimate of drug-likeness (QED) is 0.471. The lowest BCUT2D eigenvalue weighted by Crippen LogP contribution is -2.01. The van der Waals surface area contributed by atoms with Crippen molar-refractivity contribution < 1.29 is 13.3 Å². The van der Waals surface area contributed by atoms with Crippen LogP contribution in [0.5, 0.6) is 0 Å². The van der Waals surface area contributed by atoms with E-state index in [1.54, 1.807) is 0 Å². The normalized spacial score (nSPS) is 11.3. The third-order valence-corrected chi connectivity index (χ3v) is 2.88. The molecule has 0 bridgehead atoms. The predicted octanol–water partition coefficient (Wildman–Crippen LogP) is 1.68. The third-order valence-electron chi connectivity index (χ3n) is 1.23.